The number of aromatic nitrogens is 3. The molecule has 3 aromatic carbocycles. The summed E-state index contributed by atoms with van der Waals surface area (Å²) in [6, 6.07) is 19.6. The van der Waals surface area contributed by atoms with Crippen molar-refractivity contribution in [3.8, 4) is 22.3 Å². The first-order valence-corrected chi connectivity index (χ1v) is 12.0. The molecule has 7 heteroatoms. The summed E-state index contributed by atoms with van der Waals surface area (Å²) in [6.45, 7) is 1.97. The predicted octanol–water partition coefficient (Wildman–Crippen LogP) is 4.19. The molecule has 0 amide bonds. The Balaban J connectivity index is 1.63. The number of hydrogen-bond donors (Lipinski definition) is 2. The van der Waals surface area contributed by atoms with E-state index in [0.717, 1.165) is 44.2 Å². The lowest BCUT2D eigenvalue weighted by atomic mass is 10.00. The zero-order chi connectivity index (χ0) is 22.5. The fraction of sp³-hybridized carbons (Fsp3) is 0.0800. The molecular formula is C25H23N5OS. The van der Waals surface area contributed by atoms with Crippen molar-refractivity contribution in [1.29, 1.82) is 0 Å². The minimum absolute atomic E-state index is 0.00401. The second kappa shape index (κ2) is 7.56. The molecule has 160 valence electrons. The molecule has 2 unspecified atom stereocenters. The van der Waals surface area contributed by atoms with Crippen LogP contribution in [0.5, 0.6) is 0 Å². The van der Waals surface area contributed by atoms with E-state index in [1.165, 1.54) is 0 Å². The highest BCUT2D eigenvalue weighted by atomic mass is 32.2. The average molecular weight is 442 g/mol. The smallest absolute Gasteiger partial charge is 0.162 e. The lowest BCUT2D eigenvalue weighted by Gasteiger charge is -2.11. The van der Waals surface area contributed by atoms with Gasteiger partial charge in [0.2, 0.25) is 0 Å². The topological polar surface area (TPSA) is 99.3 Å². The number of hydrogen-bond acceptors (Lipinski definition) is 4. The number of nitrogens with two attached hydrogens (primary N) is 2. The molecule has 0 saturated carbocycles. The molecule has 0 aliphatic heterocycles. The summed E-state index contributed by atoms with van der Waals surface area (Å²) >= 11 is 0. The Morgan fingerprint density at radius 2 is 1.66 bits per heavy atom. The van der Waals surface area contributed by atoms with Crippen LogP contribution in [0.3, 0.4) is 0 Å². The summed E-state index contributed by atoms with van der Waals surface area (Å²) in [5.41, 5.74) is 11.6. The van der Waals surface area contributed by atoms with Gasteiger partial charge in [-0.2, -0.15) is 5.10 Å². The first-order chi connectivity index (χ1) is 15.3. The quantitative estimate of drug-likeness (QED) is 0.409. The summed E-state index contributed by atoms with van der Waals surface area (Å²) in [5, 5.41) is 12.2. The number of nitrogens with zero attached hydrogens (tertiary/aromatic N) is 3. The van der Waals surface area contributed by atoms with Gasteiger partial charge in [0, 0.05) is 29.6 Å². The monoisotopic (exact) mass is 441 g/mol. The van der Waals surface area contributed by atoms with Crippen LogP contribution in [0.25, 0.3) is 38.7 Å². The third kappa shape index (κ3) is 3.46. The molecule has 2 atom stereocenters. The number of rotatable bonds is 4. The molecule has 6 nitrogen and oxygen atoms in total. The van der Waals surface area contributed by atoms with Crippen molar-refractivity contribution in [2.75, 3.05) is 0 Å². The van der Waals surface area contributed by atoms with E-state index in [9.17, 15) is 4.21 Å². The lowest BCUT2D eigenvalue weighted by molar-refractivity contribution is 0.683. The molecule has 0 saturated heterocycles. The van der Waals surface area contributed by atoms with E-state index >= 15 is 0 Å². The summed E-state index contributed by atoms with van der Waals surface area (Å²) in [4.78, 5) is 5.25. The van der Waals surface area contributed by atoms with Gasteiger partial charge in [-0.15, -0.1) is 0 Å². The maximum Gasteiger partial charge on any atom is 0.162 e. The Labute approximate surface area is 186 Å². The molecular weight excluding hydrogens is 418 g/mol. The minimum atomic E-state index is -2.85. The minimum Gasteiger partial charge on any atom is -0.324 e. The number of fused-ring (bicyclic) bond motifs is 2. The molecule has 5 rings (SSSR count). The molecule has 0 aliphatic carbocycles. The highest BCUT2D eigenvalue weighted by Crippen LogP contribution is 2.34. The van der Waals surface area contributed by atoms with Gasteiger partial charge < -0.3 is 5.73 Å². The normalized spacial score (nSPS) is 14.5. The molecule has 5 aromatic rings. The third-order valence-corrected chi connectivity index (χ3v) is 6.77. The molecule has 4 N–H and O–H groups in total. The summed E-state index contributed by atoms with van der Waals surface area (Å²) in [6.07, 6.45) is 5.61. The maximum absolute atomic E-state index is 12.5. The van der Waals surface area contributed by atoms with Crippen LogP contribution in [0.2, 0.25) is 0 Å². The molecule has 32 heavy (non-hydrogen) atoms. The Bertz CT molecular complexity index is 1570. The van der Waals surface area contributed by atoms with Crippen molar-refractivity contribution in [3.05, 3.63) is 84.8 Å². The summed E-state index contributed by atoms with van der Waals surface area (Å²) < 4.78 is 14.3. The van der Waals surface area contributed by atoms with E-state index in [1.54, 1.807) is 16.8 Å². The van der Waals surface area contributed by atoms with Gasteiger partial charge in [0.1, 0.15) is 0 Å². The number of benzene rings is 3. The van der Waals surface area contributed by atoms with E-state index in [-0.39, 0.29) is 6.04 Å². The highest BCUT2D eigenvalue weighted by molar-refractivity contribution is 7.98. The van der Waals surface area contributed by atoms with Gasteiger partial charge in [-0.3, -0.25) is 5.14 Å². The molecule has 0 aliphatic rings. The van der Waals surface area contributed by atoms with Crippen molar-refractivity contribution in [1.82, 2.24) is 14.6 Å². The lowest BCUT2D eigenvalue weighted by Crippen LogP contribution is -2.12. The second-order valence-electron chi connectivity index (χ2n) is 7.96. The van der Waals surface area contributed by atoms with Crippen LogP contribution in [0.15, 0.2) is 84.1 Å². The van der Waals surface area contributed by atoms with Gasteiger partial charge >= 0.3 is 0 Å². The fourth-order valence-corrected chi connectivity index (χ4v) is 4.85. The van der Waals surface area contributed by atoms with Crippen molar-refractivity contribution >= 4 is 32.0 Å². The Kier molecular flexibility index (Phi) is 4.82. The summed E-state index contributed by atoms with van der Waals surface area (Å²) in [5.74, 6) is 3.66. The summed E-state index contributed by atoms with van der Waals surface area (Å²) in [7, 11) is -2.85. The molecule has 0 radical (unpaired) electrons. The van der Waals surface area contributed by atoms with Crippen molar-refractivity contribution < 1.29 is 4.21 Å². The first-order valence-electron chi connectivity index (χ1n) is 10.2. The van der Waals surface area contributed by atoms with Crippen molar-refractivity contribution in [3.63, 3.8) is 0 Å². The zero-order valence-corrected chi connectivity index (χ0v) is 18.4. The Hall–Kier alpha value is -3.52. The second-order valence-corrected chi connectivity index (χ2v) is 9.86. The van der Waals surface area contributed by atoms with Crippen LogP contribution in [0, 0.1) is 0 Å². The molecule has 0 spiro atoms. The molecule has 2 heterocycles. The molecule has 2 aromatic heterocycles. The predicted molar refractivity (Wildman–Crippen MR) is 132 cm³/mol. The fourth-order valence-electron chi connectivity index (χ4n) is 4.00. The van der Waals surface area contributed by atoms with Gasteiger partial charge in [0.05, 0.1) is 20.8 Å². The SMILES string of the molecule is C=S(N)(=O)c1ccc(-c2cnn3cc(-c4ccc(C(C)N)cc4)cnc23)c2ccccc12. The van der Waals surface area contributed by atoms with Crippen LogP contribution >= 0.6 is 0 Å². The van der Waals surface area contributed by atoms with Crippen molar-refractivity contribution in [2.24, 2.45) is 10.9 Å². The maximum atomic E-state index is 12.5. The Morgan fingerprint density at radius 1 is 0.938 bits per heavy atom. The van der Waals surface area contributed by atoms with Gasteiger partial charge in [-0.1, -0.05) is 54.6 Å². The van der Waals surface area contributed by atoms with E-state index in [4.69, 9.17) is 15.9 Å². The van der Waals surface area contributed by atoms with Gasteiger partial charge in [-0.05, 0) is 46.3 Å². The van der Waals surface area contributed by atoms with Crippen LogP contribution in [-0.4, -0.2) is 24.7 Å². The van der Waals surface area contributed by atoms with Crippen LogP contribution in [0.1, 0.15) is 18.5 Å². The van der Waals surface area contributed by atoms with Crippen LogP contribution < -0.4 is 10.9 Å². The standard InChI is InChI=1S/C25H23N5OS/c1-16(26)17-7-9-18(10-8-17)19-13-28-25-23(14-29-30(25)15-19)21-11-12-24(32(2,27)31)22-6-4-3-5-20(21)22/h3-16H,2,26H2,1H3,(H2,27,31). The third-order valence-electron chi connectivity index (χ3n) is 5.67. The largest absolute Gasteiger partial charge is 0.324 e. The van der Waals surface area contributed by atoms with Crippen molar-refractivity contribution in [2.45, 2.75) is 17.9 Å². The highest BCUT2D eigenvalue weighted by Gasteiger charge is 2.15. The molecule has 0 bridgehead atoms. The van der Waals surface area contributed by atoms with E-state index in [2.05, 4.69) is 11.0 Å². The van der Waals surface area contributed by atoms with Gasteiger partial charge in [-0.25, -0.2) is 13.7 Å². The van der Waals surface area contributed by atoms with E-state index < -0.39 is 9.71 Å². The average Bonchev–Trinajstić information content (AvgIpc) is 3.20. The van der Waals surface area contributed by atoms with E-state index in [0.29, 0.717) is 4.90 Å². The van der Waals surface area contributed by atoms with Crippen LogP contribution in [-0.2, 0) is 9.71 Å². The van der Waals surface area contributed by atoms with Gasteiger partial charge in [0.15, 0.2) is 5.65 Å². The first kappa shape index (κ1) is 20.4. The van der Waals surface area contributed by atoms with Crippen LogP contribution in [0.4, 0.5) is 0 Å². The van der Waals surface area contributed by atoms with Gasteiger partial charge in [0.25, 0.3) is 0 Å². The molecule has 0 fully saturated rings. The Morgan fingerprint density at radius 3 is 2.34 bits per heavy atom. The zero-order valence-electron chi connectivity index (χ0n) is 17.6. The van der Waals surface area contributed by atoms with E-state index in [1.807, 2.05) is 73.9 Å².